The third-order valence-electron chi connectivity index (χ3n) is 4.87. The summed E-state index contributed by atoms with van der Waals surface area (Å²) in [5.41, 5.74) is 0.842. The van der Waals surface area contributed by atoms with Crippen molar-refractivity contribution < 1.29 is 18.0 Å². The molecule has 5 nitrogen and oxygen atoms in total. The van der Waals surface area contributed by atoms with Gasteiger partial charge in [0.15, 0.2) is 0 Å². The maximum absolute atomic E-state index is 13.0. The van der Waals surface area contributed by atoms with Gasteiger partial charge in [-0.05, 0) is 31.2 Å². The lowest BCUT2D eigenvalue weighted by atomic mass is 10.2. The van der Waals surface area contributed by atoms with Crippen LogP contribution in [0.3, 0.4) is 0 Å². The van der Waals surface area contributed by atoms with Gasteiger partial charge < -0.3 is 14.4 Å². The molecule has 0 bridgehead atoms. The van der Waals surface area contributed by atoms with E-state index in [0.717, 1.165) is 11.9 Å². The molecule has 1 fully saturated rings. The second-order valence-corrected chi connectivity index (χ2v) is 6.97. The van der Waals surface area contributed by atoms with Crippen molar-refractivity contribution in [1.82, 2.24) is 9.47 Å². The molecule has 0 saturated carbocycles. The molecule has 28 heavy (non-hydrogen) atoms. The highest BCUT2D eigenvalue weighted by Crippen LogP contribution is 2.37. The van der Waals surface area contributed by atoms with E-state index in [1.54, 1.807) is 17.0 Å². The average molecular weight is 411 g/mol. The van der Waals surface area contributed by atoms with Crippen molar-refractivity contribution in [2.75, 3.05) is 31.1 Å². The van der Waals surface area contributed by atoms with Gasteiger partial charge in [-0.2, -0.15) is 18.4 Å². The first-order valence-electron chi connectivity index (χ1n) is 8.66. The minimum atomic E-state index is -4.55. The molecule has 1 saturated heterocycles. The normalized spacial score (nSPS) is 14.9. The van der Waals surface area contributed by atoms with Crippen LogP contribution in [0, 0.1) is 18.3 Å². The summed E-state index contributed by atoms with van der Waals surface area (Å²) < 4.78 is 40.2. The van der Waals surface area contributed by atoms with Gasteiger partial charge in [0.25, 0.3) is 0 Å². The molecule has 2 heterocycles. The molecule has 1 aliphatic heterocycles. The molecule has 2 aromatic rings. The minimum absolute atomic E-state index is 0.182. The quantitative estimate of drug-likeness (QED) is 0.775. The summed E-state index contributed by atoms with van der Waals surface area (Å²) in [5.74, 6) is -0.247. The Bertz CT molecular complexity index is 907. The number of anilines is 1. The number of carbonyl (C=O) groups is 1. The van der Waals surface area contributed by atoms with E-state index in [1.807, 2.05) is 12.1 Å². The summed E-state index contributed by atoms with van der Waals surface area (Å²) in [6.45, 7) is 3.44. The molecule has 1 amide bonds. The van der Waals surface area contributed by atoms with Crippen LogP contribution in [0.4, 0.5) is 18.9 Å². The summed E-state index contributed by atoms with van der Waals surface area (Å²) in [6, 6.07) is 9.27. The van der Waals surface area contributed by atoms with E-state index in [2.05, 4.69) is 11.0 Å². The second kappa shape index (κ2) is 7.76. The Balaban J connectivity index is 1.62. The minimum Gasteiger partial charge on any atom is -0.368 e. The van der Waals surface area contributed by atoms with E-state index < -0.39 is 11.7 Å². The highest BCUT2D eigenvalue weighted by molar-refractivity contribution is 6.32. The van der Waals surface area contributed by atoms with Gasteiger partial charge in [-0.25, -0.2) is 0 Å². The lowest BCUT2D eigenvalue weighted by Crippen LogP contribution is -2.49. The predicted molar refractivity (Wildman–Crippen MR) is 99.1 cm³/mol. The maximum Gasteiger partial charge on any atom is 0.419 e. The summed E-state index contributed by atoms with van der Waals surface area (Å²) in [7, 11) is 0. The van der Waals surface area contributed by atoms with Gasteiger partial charge >= 0.3 is 6.18 Å². The Hall–Kier alpha value is -2.66. The van der Waals surface area contributed by atoms with Gasteiger partial charge in [-0.1, -0.05) is 11.6 Å². The first-order chi connectivity index (χ1) is 13.2. The van der Waals surface area contributed by atoms with Crippen molar-refractivity contribution in [2.24, 2.45) is 0 Å². The molecule has 0 radical (unpaired) electrons. The van der Waals surface area contributed by atoms with E-state index >= 15 is 0 Å². The molecule has 0 N–H and O–H groups in total. The van der Waals surface area contributed by atoms with Gasteiger partial charge in [0.05, 0.1) is 22.2 Å². The number of hydrogen-bond donors (Lipinski definition) is 0. The van der Waals surface area contributed by atoms with Crippen molar-refractivity contribution in [1.29, 1.82) is 5.26 Å². The fourth-order valence-electron chi connectivity index (χ4n) is 3.20. The number of nitrogens with zero attached hydrogens (tertiary/aromatic N) is 4. The van der Waals surface area contributed by atoms with Gasteiger partial charge in [0.1, 0.15) is 6.54 Å². The Kier molecular flexibility index (Phi) is 5.57. The highest BCUT2D eigenvalue weighted by atomic mass is 35.5. The molecule has 1 aromatic carbocycles. The summed E-state index contributed by atoms with van der Waals surface area (Å²) in [5, 5.41) is 8.49. The molecule has 0 atom stereocenters. The largest absolute Gasteiger partial charge is 0.419 e. The van der Waals surface area contributed by atoms with Crippen molar-refractivity contribution in [3.05, 3.63) is 52.3 Å². The van der Waals surface area contributed by atoms with Crippen molar-refractivity contribution in [3.8, 4) is 6.07 Å². The first kappa shape index (κ1) is 20.1. The summed E-state index contributed by atoms with van der Waals surface area (Å²) in [6.07, 6.45) is -3.66. The van der Waals surface area contributed by atoms with Crippen molar-refractivity contribution in [3.63, 3.8) is 0 Å². The van der Waals surface area contributed by atoms with Gasteiger partial charge in [-0.15, -0.1) is 0 Å². The molecule has 1 aliphatic rings. The Morgan fingerprint density at radius 2 is 1.79 bits per heavy atom. The van der Waals surface area contributed by atoms with E-state index in [9.17, 15) is 18.0 Å². The van der Waals surface area contributed by atoms with Gasteiger partial charge in [-0.3, -0.25) is 4.79 Å². The lowest BCUT2D eigenvalue weighted by molar-refractivity contribution is -0.138. The van der Waals surface area contributed by atoms with Gasteiger partial charge in [0.2, 0.25) is 5.91 Å². The number of piperazine rings is 1. The summed E-state index contributed by atoms with van der Waals surface area (Å²) >= 11 is 5.78. The number of aromatic nitrogens is 1. The molecule has 148 valence electrons. The average Bonchev–Trinajstić information content (AvgIpc) is 2.97. The Labute approximate surface area is 165 Å². The molecule has 1 aromatic heterocycles. The fourth-order valence-corrected chi connectivity index (χ4v) is 3.46. The monoisotopic (exact) mass is 410 g/mol. The van der Waals surface area contributed by atoms with Crippen molar-refractivity contribution in [2.45, 2.75) is 19.6 Å². The van der Waals surface area contributed by atoms with E-state index in [1.165, 1.54) is 11.5 Å². The van der Waals surface area contributed by atoms with E-state index in [-0.39, 0.29) is 23.2 Å². The molecule has 0 aliphatic carbocycles. The fraction of sp³-hybridized carbons (Fsp3) is 0.368. The molecule has 0 unspecified atom stereocenters. The van der Waals surface area contributed by atoms with Crippen LogP contribution in [-0.4, -0.2) is 41.6 Å². The van der Waals surface area contributed by atoms with Crippen LogP contribution in [0.25, 0.3) is 0 Å². The zero-order chi connectivity index (χ0) is 20.5. The Morgan fingerprint density at radius 1 is 1.18 bits per heavy atom. The number of benzene rings is 1. The number of rotatable bonds is 3. The van der Waals surface area contributed by atoms with E-state index in [0.29, 0.717) is 31.7 Å². The standard InChI is InChI=1S/C19H18ClF3N4O/c1-13-18(20)16(19(21,22)23)11-27(13)12-17(28)26-8-6-25(7-9-26)15-4-2-14(10-24)3-5-15/h2-5,11H,6-9,12H2,1H3. The molecule has 9 heteroatoms. The third-order valence-corrected chi connectivity index (χ3v) is 5.35. The lowest BCUT2D eigenvalue weighted by Gasteiger charge is -2.36. The molecule has 3 rings (SSSR count). The number of amides is 1. The van der Waals surface area contributed by atoms with Crippen LogP contribution in [0.15, 0.2) is 30.5 Å². The first-order valence-corrected chi connectivity index (χ1v) is 9.04. The molecule has 0 spiro atoms. The molecular formula is C19H18ClF3N4O. The number of nitriles is 1. The van der Waals surface area contributed by atoms with Crippen LogP contribution in [-0.2, 0) is 17.5 Å². The van der Waals surface area contributed by atoms with E-state index in [4.69, 9.17) is 16.9 Å². The van der Waals surface area contributed by atoms with Crippen LogP contribution in [0.1, 0.15) is 16.8 Å². The Morgan fingerprint density at radius 3 is 2.29 bits per heavy atom. The third kappa shape index (κ3) is 4.09. The van der Waals surface area contributed by atoms with Crippen LogP contribution in [0.5, 0.6) is 0 Å². The topological polar surface area (TPSA) is 52.3 Å². The number of hydrogen-bond acceptors (Lipinski definition) is 3. The second-order valence-electron chi connectivity index (χ2n) is 6.59. The zero-order valence-electron chi connectivity index (χ0n) is 15.1. The van der Waals surface area contributed by atoms with Gasteiger partial charge in [0, 0.05) is 43.8 Å². The number of carbonyl (C=O) groups excluding carboxylic acids is 1. The number of alkyl halides is 3. The smallest absolute Gasteiger partial charge is 0.368 e. The van der Waals surface area contributed by atoms with Crippen LogP contribution in [0.2, 0.25) is 5.02 Å². The highest BCUT2D eigenvalue weighted by Gasteiger charge is 2.36. The van der Waals surface area contributed by atoms with Crippen LogP contribution >= 0.6 is 11.6 Å². The summed E-state index contributed by atoms with van der Waals surface area (Å²) in [4.78, 5) is 16.3. The predicted octanol–water partition coefficient (Wildman–Crippen LogP) is 3.69. The SMILES string of the molecule is Cc1c(Cl)c(C(F)(F)F)cn1CC(=O)N1CCN(c2ccc(C#N)cc2)CC1. The maximum atomic E-state index is 13.0. The van der Waals surface area contributed by atoms with Crippen molar-refractivity contribution >= 4 is 23.2 Å². The van der Waals surface area contributed by atoms with Crippen LogP contribution < -0.4 is 4.90 Å². The number of halogens is 4. The zero-order valence-corrected chi connectivity index (χ0v) is 15.9. The molecular weight excluding hydrogens is 393 g/mol.